The number of carbonyl (C=O) groups is 1. The summed E-state index contributed by atoms with van der Waals surface area (Å²) in [5.74, 6) is 0.144. The predicted molar refractivity (Wildman–Crippen MR) is 85.4 cm³/mol. The van der Waals surface area contributed by atoms with Crippen LogP contribution in [0.5, 0.6) is 0 Å². The van der Waals surface area contributed by atoms with Crippen LogP contribution in [-0.2, 0) is 0 Å². The second-order valence-electron chi connectivity index (χ2n) is 5.44. The maximum atomic E-state index is 12.5. The molecule has 1 aromatic carbocycles. The molecular weight excluding hydrogens is 268 g/mol. The lowest BCUT2D eigenvalue weighted by molar-refractivity contribution is 0.0685. The number of rotatable bonds is 4. The minimum atomic E-state index is 0.144. The SMILES string of the molecule is CNC1CCC(N(C)C(=O)c2ccc(SC)cc2)CC1. The van der Waals surface area contributed by atoms with E-state index in [1.165, 1.54) is 4.90 Å². The van der Waals surface area contributed by atoms with Crippen molar-refractivity contribution in [2.75, 3.05) is 20.4 Å². The maximum Gasteiger partial charge on any atom is 0.253 e. The van der Waals surface area contributed by atoms with Crippen molar-refractivity contribution in [2.24, 2.45) is 0 Å². The molecule has 0 aliphatic heterocycles. The van der Waals surface area contributed by atoms with E-state index in [0.29, 0.717) is 12.1 Å². The largest absolute Gasteiger partial charge is 0.339 e. The Morgan fingerprint density at radius 3 is 2.30 bits per heavy atom. The Kier molecular flexibility index (Phi) is 5.49. The van der Waals surface area contributed by atoms with Gasteiger partial charge in [-0.15, -0.1) is 11.8 Å². The van der Waals surface area contributed by atoms with Crippen molar-refractivity contribution in [1.29, 1.82) is 0 Å². The second kappa shape index (κ2) is 7.14. The van der Waals surface area contributed by atoms with Crippen LogP contribution >= 0.6 is 11.8 Å². The molecule has 0 unspecified atom stereocenters. The molecule has 2 rings (SSSR count). The molecule has 0 saturated heterocycles. The van der Waals surface area contributed by atoms with Crippen molar-refractivity contribution in [2.45, 2.75) is 42.7 Å². The summed E-state index contributed by atoms with van der Waals surface area (Å²) in [6.45, 7) is 0. The number of amides is 1. The average Bonchev–Trinajstić information content (AvgIpc) is 2.53. The van der Waals surface area contributed by atoms with Crippen LogP contribution in [0.25, 0.3) is 0 Å². The van der Waals surface area contributed by atoms with E-state index in [1.807, 2.05) is 49.5 Å². The Morgan fingerprint density at radius 2 is 1.80 bits per heavy atom. The fourth-order valence-electron chi connectivity index (χ4n) is 2.85. The fourth-order valence-corrected chi connectivity index (χ4v) is 3.26. The van der Waals surface area contributed by atoms with E-state index in [-0.39, 0.29) is 5.91 Å². The molecule has 1 aliphatic carbocycles. The molecule has 3 nitrogen and oxygen atoms in total. The lowest BCUT2D eigenvalue weighted by Crippen LogP contribution is -2.42. The zero-order valence-electron chi connectivity index (χ0n) is 12.6. The number of hydrogen-bond acceptors (Lipinski definition) is 3. The molecule has 1 amide bonds. The summed E-state index contributed by atoms with van der Waals surface area (Å²) in [5, 5.41) is 3.33. The van der Waals surface area contributed by atoms with Gasteiger partial charge in [0.1, 0.15) is 0 Å². The first-order valence-electron chi connectivity index (χ1n) is 7.24. The van der Waals surface area contributed by atoms with E-state index in [1.54, 1.807) is 11.8 Å². The number of hydrogen-bond donors (Lipinski definition) is 1. The monoisotopic (exact) mass is 292 g/mol. The molecule has 0 spiro atoms. The van der Waals surface area contributed by atoms with Crippen molar-refractivity contribution >= 4 is 17.7 Å². The zero-order chi connectivity index (χ0) is 14.5. The third-order valence-electron chi connectivity index (χ3n) is 4.31. The van der Waals surface area contributed by atoms with Gasteiger partial charge in [-0.25, -0.2) is 0 Å². The zero-order valence-corrected chi connectivity index (χ0v) is 13.4. The molecule has 0 bridgehead atoms. The summed E-state index contributed by atoms with van der Waals surface area (Å²) in [7, 11) is 3.96. The fraction of sp³-hybridized carbons (Fsp3) is 0.562. The Balaban J connectivity index is 1.97. The summed E-state index contributed by atoms with van der Waals surface area (Å²) in [6, 6.07) is 8.91. The van der Waals surface area contributed by atoms with Gasteiger partial charge in [-0.3, -0.25) is 4.79 Å². The maximum absolute atomic E-state index is 12.5. The Morgan fingerprint density at radius 1 is 1.20 bits per heavy atom. The molecule has 0 atom stereocenters. The van der Waals surface area contributed by atoms with E-state index < -0.39 is 0 Å². The van der Waals surface area contributed by atoms with E-state index in [9.17, 15) is 4.79 Å². The van der Waals surface area contributed by atoms with Gasteiger partial charge >= 0.3 is 0 Å². The average molecular weight is 292 g/mol. The summed E-state index contributed by atoms with van der Waals surface area (Å²) in [5.41, 5.74) is 0.793. The molecule has 1 aliphatic rings. The van der Waals surface area contributed by atoms with Crippen molar-refractivity contribution in [3.05, 3.63) is 29.8 Å². The number of carbonyl (C=O) groups excluding carboxylic acids is 1. The number of nitrogens with zero attached hydrogens (tertiary/aromatic N) is 1. The molecular formula is C16H24N2OS. The van der Waals surface area contributed by atoms with E-state index >= 15 is 0 Å². The van der Waals surface area contributed by atoms with Gasteiger partial charge in [0.2, 0.25) is 0 Å². The van der Waals surface area contributed by atoms with E-state index in [2.05, 4.69) is 5.32 Å². The molecule has 1 fully saturated rings. The highest BCUT2D eigenvalue weighted by Gasteiger charge is 2.26. The summed E-state index contributed by atoms with van der Waals surface area (Å²) >= 11 is 1.70. The minimum Gasteiger partial charge on any atom is -0.339 e. The Bertz CT molecular complexity index is 438. The standard InChI is InChI=1S/C16H24N2OS/c1-17-13-6-8-14(9-7-13)18(2)16(19)12-4-10-15(20-3)11-5-12/h4-5,10-11,13-14,17H,6-9H2,1-3H3. The summed E-state index contributed by atoms with van der Waals surface area (Å²) in [4.78, 5) is 15.6. The highest BCUT2D eigenvalue weighted by molar-refractivity contribution is 7.98. The molecule has 20 heavy (non-hydrogen) atoms. The number of nitrogens with one attached hydrogen (secondary N) is 1. The lowest BCUT2D eigenvalue weighted by atomic mass is 9.90. The number of thioether (sulfide) groups is 1. The van der Waals surface area contributed by atoms with E-state index in [0.717, 1.165) is 31.2 Å². The summed E-state index contributed by atoms with van der Waals surface area (Å²) in [6.07, 6.45) is 6.55. The second-order valence-corrected chi connectivity index (χ2v) is 6.32. The highest BCUT2D eigenvalue weighted by Crippen LogP contribution is 2.24. The van der Waals surface area contributed by atoms with Gasteiger partial charge in [-0.05, 0) is 63.3 Å². The molecule has 110 valence electrons. The molecule has 0 radical (unpaired) electrons. The smallest absolute Gasteiger partial charge is 0.253 e. The van der Waals surface area contributed by atoms with Crippen LogP contribution in [0.1, 0.15) is 36.0 Å². The van der Waals surface area contributed by atoms with Crippen LogP contribution < -0.4 is 5.32 Å². The van der Waals surface area contributed by atoms with Gasteiger partial charge in [0.15, 0.2) is 0 Å². The van der Waals surface area contributed by atoms with Crippen LogP contribution in [0.3, 0.4) is 0 Å². The van der Waals surface area contributed by atoms with Gasteiger partial charge in [-0.1, -0.05) is 0 Å². The Labute approximate surface area is 126 Å². The van der Waals surface area contributed by atoms with Gasteiger partial charge in [0.25, 0.3) is 5.91 Å². The normalized spacial score (nSPS) is 22.6. The first-order valence-corrected chi connectivity index (χ1v) is 8.46. The highest BCUT2D eigenvalue weighted by atomic mass is 32.2. The van der Waals surface area contributed by atoms with E-state index in [4.69, 9.17) is 0 Å². The predicted octanol–water partition coefficient (Wildman–Crippen LogP) is 3.01. The van der Waals surface area contributed by atoms with Crippen molar-refractivity contribution < 1.29 is 4.79 Å². The van der Waals surface area contributed by atoms with Gasteiger partial charge in [-0.2, -0.15) is 0 Å². The first-order chi connectivity index (χ1) is 9.65. The topological polar surface area (TPSA) is 32.3 Å². The molecule has 0 heterocycles. The summed E-state index contributed by atoms with van der Waals surface area (Å²) < 4.78 is 0. The van der Waals surface area contributed by atoms with Crippen molar-refractivity contribution in [1.82, 2.24) is 10.2 Å². The molecule has 4 heteroatoms. The molecule has 1 aromatic rings. The van der Waals surface area contributed by atoms with Gasteiger partial charge < -0.3 is 10.2 Å². The Hall–Kier alpha value is -1.00. The molecule has 0 aromatic heterocycles. The van der Waals surface area contributed by atoms with Gasteiger partial charge in [0, 0.05) is 29.6 Å². The third kappa shape index (κ3) is 3.55. The van der Waals surface area contributed by atoms with Crippen molar-refractivity contribution in [3.63, 3.8) is 0 Å². The van der Waals surface area contributed by atoms with Crippen molar-refractivity contribution in [3.8, 4) is 0 Å². The van der Waals surface area contributed by atoms with Crippen LogP contribution in [0.15, 0.2) is 29.2 Å². The third-order valence-corrected chi connectivity index (χ3v) is 5.05. The minimum absolute atomic E-state index is 0.144. The van der Waals surface area contributed by atoms with Crippen LogP contribution in [0.2, 0.25) is 0 Å². The van der Waals surface area contributed by atoms with Crippen LogP contribution in [0, 0.1) is 0 Å². The van der Waals surface area contributed by atoms with Crippen LogP contribution in [-0.4, -0.2) is 43.2 Å². The van der Waals surface area contributed by atoms with Gasteiger partial charge in [0.05, 0.1) is 0 Å². The molecule has 1 saturated carbocycles. The molecule has 1 N–H and O–H groups in total. The first kappa shape index (κ1) is 15.4. The number of benzene rings is 1. The lowest BCUT2D eigenvalue weighted by Gasteiger charge is -2.34. The van der Waals surface area contributed by atoms with Crippen LogP contribution in [0.4, 0.5) is 0 Å². The quantitative estimate of drug-likeness (QED) is 0.866.